The second-order valence-electron chi connectivity index (χ2n) is 4.71. The minimum absolute atomic E-state index is 0.0387. The Labute approximate surface area is 114 Å². The van der Waals surface area contributed by atoms with Gasteiger partial charge in [0.2, 0.25) is 5.91 Å². The summed E-state index contributed by atoms with van der Waals surface area (Å²) in [6, 6.07) is 1.77. The van der Waals surface area contributed by atoms with Crippen LogP contribution in [0.5, 0.6) is 0 Å². The highest BCUT2D eigenvalue weighted by Gasteiger charge is 2.36. The lowest BCUT2D eigenvalue weighted by Gasteiger charge is -2.22. The number of pyridine rings is 1. The number of rotatable bonds is 2. The van der Waals surface area contributed by atoms with E-state index in [0.29, 0.717) is 10.8 Å². The van der Waals surface area contributed by atoms with Crippen LogP contribution >= 0.6 is 27.5 Å². The Bertz CT molecular complexity index is 444. The third-order valence-electron chi connectivity index (χ3n) is 3.31. The van der Waals surface area contributed by atoms with Gasteiger partial charge in [0, 0.05) is 16.1 Å². The number of carbonyl (C=O) groups excluding carboxylic acids is 1. The van der Waals surface area contributed by atoms with Gasteiger partial charge in [0.1, 0.15) is 0 Å². The van der Waals surface area contributed by atoms with Crippen molar-refractivity contribution >= 4 is 39.1 Å². The SMILES string of the molecule is CC1(C(=O)Nc2cc(Br)cnc2Cl)CCCC1. The molecule has 1 aliphatic carbocycles. The topological polar surface area (TPSA) is 42.0 Å². The van der Waals surface area contributed by atoms with E-state index in [1.807, 2.05) is 6.92 Å². The van der Waals surface area contributed by atoms with Crippen molar-refractivity contribution in [3.63, 3.8) is 0 Å². The predicted octanol–water partition coefficient (Wildman–Crippen LogP) is 4.02. The van der Waals surface area contributed by atoms with Gasteiger partial charge < -0.3 is 5.32 Å². The largest absolute Gasteiger partial charge is 0.323 e. The van der Waals surface area contributed by atoms with E-state index in [1.54, 1.807) is 12.3 Å². The molecule has 2 rings (SSSR count). The van der Waals surface area contributed by atoms with Crippen molar-refractivity contribution in [2.75, 3.05) is 5.32 Å². The summed E-state index contributed by atoms with van der Waals surface area (Å²) in [6.07, 6.45) is 5.73. The van der Waals surface area contributed by atoms with E-state index in [-0.39, 0.29) is 11.3 Å². The zero-order valence-electron chi connectivity index (χ0n) is 9.59. The number of anilines is 1. The fraction of sp³-hybridized carbons (Fsp3) is 0.500. The molecule has 5 heteroatoms. The molecule has 0 atom stereocenters. The van der Waals surface area contributed by atoms with Gasteiger partial charge in [-0.1, -0.05) is 31.4 Å². The quantitative estimate of drug-likeness (QED) is 0.837. The predicted molar refractivity (Wildman–Crippen MR) is 72.2 cm³/mol. The van der Waals surface area contributed by atoms with Crippen LogP contribution in [0.2, 0.25) is 5.15 Å². The summed E-state index contributed by atoms with van der Waals surface area (Å²) >= 11 is 9.26. The van der Waals surface area contributed by atoms with E-state index in [9.17, 15) is 4.79 Å². The first kappa shape index (κ1) is 12.8. The fourth-order valence-corrected chi connectivity index (χ4v) is 2.65. The number of hydrogen-bond acceptors (Lipinski definition) is 2. The van der Waals surface area contributed by atoms with Gasteiger partial charge in [-0.2, -0.15) is 0 Å². The molecule has 1 aromatic heterocycles. The molecule has 0 aromatic carbocycles. The Balaban J connectivity index is 2.15. The summed E-state index contributed by atoms with van der Waals surface area (Å²) in [7, 11) is 0. The Morgan fingerprint density at radius 1 is 1.53 bits per heavy atom. The molecule has 1 fully saturated rings. The smallest absolute Gasteiger partial charge is 0.230 e. The first-order chi connectivity index (χ1) is 8.01. The highest BCUT2D eigenvalue weighted by atomic mass is 79.9. The number of aromatic nitrogens is 1. The number of nitrogens with one attached hydrogen (secondary N) is 1. The second-order valence-corrected chi connectivity index (χ2v) is 5.99. The van der Waals surface area contributed by atoms with Crippen molar-refractivity contribution < 1.29 is 4.79 Å². The maximum absolute atomic E-state index is 12.2. The van der Waals surface area contributed by atoms with Crippen LogP contribution in [0.4, 0.5) is 5.69 Å². The van der Waals surface area contributed by atoms with Gasteiger partial charge in [0.05, 0.1) is 5.69 Å². The standard InChI is InChI=1S/C12H14BrClN2O/c1-12(4-2-3-5-12)11(17)16-9-6-8(13)7-15-10(9)14/h6-7H,2-5H2,1H3,(H,16,17). The molecule has 0 spiro atoms. The minimum atomic E-state index is -0.258. The molecule has 0 saturated heterocycles. The van der Waals surface area contributed by atoms with Gasteiger partial charge in [-0.3, -0.25) is 4.79 Å². The van der Waals surface area contributed by atoms with Gasteiger partial charge in [0.15, 0.2) is 5.15 Å². The lowest BCUT2D eigenvalue weighted by Crippen LogP contribution is -2.30. The van der Waals surface area contributed by atoms with Crippen LogP contribution < -0.4 is 5.32 Å². The lowest BCUT2D eigenvalue weighted by atomic mass is 9.88. The van der Waals surface area contributed by atoms with Crippen molar-refractivity contribution in [3.05, 3.63) is 21.9 Å². The van der Waals surface area contributed by atoms with Gasteiger partial charge in [0.25, 0.3) is 0 Å². The molecule has 0 bridgehead atoms. The summed E-state index contributed by atoms with van der Waals surface area (Å²) in [4.78, 5) is 16.2. The molecule has 0 aliphatic heterocycles. The Hall–Kier alpha value is -0.610. The molecule has 0 radical (unpaired) electrons. The first-order valence-corrected chi connectivity index (χ1v) is 6.81. The van der Waals surface area contributed by atoms with Crippen LogP contribution in [-0.4, -0.2) is 10.9 Å². The van der Waals surface area contributed by atoms with Crippen LogP contribution in [0.3, 0.4) is 0 Å². The third kappa shape index (κ3) is 2.80. The zero-order chi connectivity index (χ0) is 12.5. The van der Waals surface area contributed by atoms with E-state index in [2.05, 4.69) is 26.2 Å². The minimum Gasteiger partial charge on any atom is -0.323 e. The summed E-state index contributed by atoms with van der Waals surface area (Å²) in [5.74, 6) is 0.0387. The lowest BCUT2D eigenvalue weighted by molar-refractivity contribution is -0.124. The van der Waals surface area contributed by atoms with E-state index in [0.717, 1.165) is 30.2 Å². The second kappa shape index (κ2) is 4.94. The van der Waals surface area contributed by atoms with Crippen molar-refractivity contribution in [2.24, 2.45) is 5.41 Å². The van der Waals surface area contributed by atoms with Crippen molar-refractivity contribution in [1.29, 1.82) is 0 Å². The van der Waals surface area contributed by atoms with Gasteiger partial charge >= 0.3 is 0 Å². The highest BCUT2D eigenvalue weighted by Crippen LogP contribution is 2.39. The van der Waals surface area contributed by atoms with Gasteiger partial charge in [-0.15, -0.1) is 0 Å². The van der Waals surface area contributed by atoms with E-state index >= 15 is 0 Å². The molecule has 1 saturated carbocycles. The molecule has 1 aliphatic rings. The van der Waals surface area contributed by atoms with Crippen LogP contribution in [0.15, 0.2) is 16.7 Å². The maximum atomic E-state index is 12.2. The summed E-state index contributed by atoms with van der Waals surface area (Å²) in [6.45, 7) is 2.01. The van der Waals surface area contributed by atoms with Crippen LogP contribution in [0, 0.1) is 5.41 Å². The Morgan fingerprint density at radius 3 is 2.82 bits per heavy atom. The fourth-order valence-electron chi connectivity index (χ4n) is 2.17. The Kier molecular flexibility index (Phi) is 3.73. The molecule has 1 amide bonds. The molecule has 1 N–H and O–H groups in total. The molecule has 0 unspecified atom stereocenters. The number of halogens is 2. The van der Waals surface area contributed by atoms with Gasteiger partial charge in [-0.25, -0.2) is 4.98 Å². The highest BCUT2D eigenvalue weighted by molar-refractivity contribution is 9.10. The van der Waals surface area contributed by atoms with Gasteiger partial charge in [-0.05, 0) is 34.8 Å². The molecule has 1 aromatic rings. The number of nitrogens with zero attached hydrogens (tertiary/aromatic N) is 1. The average molecular weight is 318 g/mol. The van der Waals surface area contributed by atoms with E-state index < -0.39 is 0 Å². The van der Waals surface area contributed by atoms with Crippen LogP contribution in [0.25, 0.3) is 0 Å². The average Bonchev–Trinajstić information content (AvgIpc) is 2.72. The van der Waals surface area contributed by atoms with Crippen molar-refractivity contribution in [1.82, 2.24) is 4.98 Å². The number of hydrogen-bond donors (Lipinski definition) is 1. The molecule has 17 heavy (non-hydrogen) atoms. The maximum Gasteiger partial charge on any atom is 0.230 e. The van der Waals surface area contributed by atoms with Crippen molar-refractivity contribution in [2.45, 2.75) is 32.6 Å². The monoisotopic (exact) mass is 316 g/mol. The van der Waals surface area contributed by atoms with Crippen LogP contribution in [0.1, 0.15) is 32.6 Å². The molecular weight excluding hydrogens is 304 g/mol. The molecular formula is C12H14BrClN2O. The zero-order valence-corrected chi connectivity index (χ0v) is 11.9. The molecule has 1 heterocycles. The van der Waals surface area contributed by atoms with E-state index in [4.69, 9.17) is 11.6 Å². The Morgan fingerprint density at radius 2 is 2.18 bits per heavy atom. The number of carbonyl (C=O) groups is 1. The molecule has 92 valence electrons. The normalized spacial score (nSPS) is 18.1. The summed E-state index contributed by atoms with van der Waals surface area (Å²) in [5.41, 5.74) is 0.310. The number of amides is 1. The van der Waals surface area contributed by atoms with E-state index in [1.165, 1.54) is 0 Å². The van der Waals surface area contributed by atoms with Crippen LogP contribution in [-0.2, 0) is 4.79 Å². The molecule has 3 nitrogen and oxygen atoms in total. The third-order valence-corrected chi connectivity index (χ3v) is 4.04. The van der Waals surface area contributed by atoms with Crippen molar-refractivity contribution in [3.8, 4) is 0 Å². The summed E-state index contributed by atoms with van der Waals surface area (Å²) in [5, 5.41) is 3.19. The summed E-state index contributed by atoms with van der Waals surface area (Å²) < 4.78 is 0.800. The first-order valence-electron chi connectivity index (χ1n) is 5.64.